The largest absolute Gasteiger partial charge is 0.390 e. The van der Waals surface area contributed by atoms with E-state index in [1.54, 1.807) is 0 Å². The van der Waals surface area contributed by atoms with Crippen LogP contribution in [0.2, 0.25) is 0 Å². The van der Waals surface area contributed by atoms with Gasteiger partial charge in [0.05, 0.1) is 18.3 Å². The number of ether oxygens (including phenoxy) is 1. The van der Waals surface area contributed by atoms with E-state index in [9.17, 15) is 5.11 Å². The van der Waals surface area contributed by atoms with E-state index in [1.807, 2.05) is 20.3 Å². The molecule has 9 heavy (non-hydrogen) atoms. The lowest BCUT2D eigenvalue weighted by Gasteiger charge is -2.09. The van der Waals surface area contributed by atoms with Crippen LogP contribution in [0.25, 0.3) is 0 Å². The normalized spacial score (nSPS) is 43.7. The Morgan fingerprint density at radius 3 is 2.56 bits per heavy atom. The summed E-state index contributed by atoms with van der Waals surface area (Å²) in [6.45, 7) is 3.96. The molecule has 1 rings (SSSR count). The van der Waals surface area contributed by atoms with E-state index >= 15 is 0 Å². The van der Waals surface area contributed by atoms with Gasteiger partial charge >= 0.3 is 0 Å². The van der Waals surface area contributed by atoms with Crippen LogP contribution in [-0.2, 0) is 4.74 Å². The van der Waals surface area contributed by atoms with Gasteiger partial charge in [-0.15, -0.1) is 0 Å². The van der Waals surface area contributed by atoms with E-state index in [-0.39, 0.29) is 18.3 Å². The van der Waals surface area contributed by atoms with E-state index in [1.165, 1.54) is 0 Å². The number of aliphatic hydroxyl groups excluding tert-OH is 1. The average Bonchev–Trinajstić information content (AvgIpc) is 2.10. The number of hydrogen-bond acceptors (Lipinski definition) is 2. The lowest BCUT2D eigenvalue weighted by Crippen LogP contribution is -2.19. The van der Waals surface area contributed by atoms with Gasteiger partial charge in [0.15, 0.2) is 0 Å². The molecule has 0 spiro atoms. The first-order valence-corrected chi connectivity index (χ1v) is 3.42. The molecule has 0 saturated carbocycles. The third-order valence-corrected chi connectivity index (χ3v) is 1.64. The summed E-state index contributed by atoms with van der Waals surface area (Å²) in [5.41, 5.74) is 0. The van der Waals surface area contributed by atoms with Crippen molar-refractivity contribution in [2.45, 2.75) is 38.6 Å². The fourth-order valence-corrected chi connectivity index (χ4v) is 1.14. The van der Waals surface area contributed by atoms with Crippen LogP contribution >= 0.6 is 0 Å². The van der Waals surface area contributed by atoms with Crippen molar-refractivity contribution in [1.29, 1.82) is 0 Å². The van der Waals surface area contributed by atoms with Crippen molar-refractivity contribution in [1.82, 2.24) is 0 Å². The summed E-state index contributed by atoms with van der Waals surface area (Å²) < 4.78 is 5.32. The highest BCUT2D eigenvalue weighted by Gasteiger charge is 2.29. The molecule has 0 aromatic heterocycles. The predicted molar refractivity (Wildman–Crippen MR) is 34.9 cm³/mol. The zero-order valence-corrected chi connectivity index (χ0v) is 5.87. The molecule has 0 aromatic carbocycles. The minimum atomic E-state index is -0.343. The second-order valence-corrected chi connectivity index (χ2v) is 2.47. The van der Waals surface area contributed by atoms with Crippen LogP contribution < -0.4 is 0 Å². The number of rotatable bonds is 1. The van der Waals surface area contributed by atoms with Crippen molar-refractivity contribution in [3.8, 4) is 0 Å². The van der Waals surface area contributed by atoms with Gasteiger partial charge in [-0.05, 0) is 13.3 Å². The fraction of sp³-hybridized carbons (Fsp3) is 0.857. The molecule has 1 heterocycles. The standard InChI is InChI=1S/C7H13O2/c1-3-7-6(8)4-5(2)9-7/h4-8H,3H2,1-2H3/t5-,6?,7+/m0/s1. The molecule has 1 saturated heterocycles. The second-order valence-electron chi connectivity index (χ2n) is 2.47. The predicted octanol–water partition coefficient (Wildman–Crippen LogP) is 0.749. The zero-order valence-electron chi connectivity index (χ0n) is 5.87. The highest BCUT2D eigenvalue weighted by molar-refractivity contribution is 4.93. The Morgan fingerprint density at radius 2 is 2.33 bits per heavy atom. The highest BCUT2D eigenvalue weighted by Crippen LogP contribution is 2.20. The second kappa shape index (κ2) is 2.67. The molecule has 1 aliphatic heterocycles. The van der Waals surface area contributed by atoms with Gasteiger partial charge < -0.3 is 9.84 Å². The molecule has 0 amide bonds. The van der Waals surface area contributed by atoms with Gasteiger partial charge in [-0.1, -0.05) is 6.92 Å². The smallest absolute Gasteiger partial charge is 0.0859 e. The van der Waals surface area contributed by atoms with Crippen LogP contribution in [0.3, 0.4) is 0 Å². The molecular weight excluding hydrogens is 116 g/mol. The Labute approximate surface area is 55.8 Å². The van der Waals surface area contributed by atoms with Crippen LogP contribution in [0.5, 0.6) is 0 Å². The first kappa shape index (κ1) is 7.03. The van der Waals surface area contributed by atoms with Gasteiger partial charge in [0.25, 0.3) is 0 Å². The molecule has 3 atom stereocenters. The zero-order chi connectivity index (χ0) is 6.85. The van der Waals surface area contributed by atoms with Gasteiger partial charge in [-0.3, -0.25) is 0 Å². The molecule has 2 heteroatoms. The van der Waals surface area contributed by atoms with Crippen molar-refractivity contribution in [3.05, 3.63) is 6.42 Å². The Kier molecular flexibility index (Phi) is 2.09. The molecule has 2 nitrogen and oxygen atoms in total. The van der Waals surface area contributed by atoms with Crippen LogP contribution in [0.15, 0.2) is 0 Å². The van der Waals surface area contributed by atoms with Crippen molar-refractivity contribution in [2.24, 2.45) is 0 Å². The molecule has 1 unspecified atom stereocenters. The van der Waals surface area contributed by atoms with E-state index < -0.39 is 0 Å². The molecule has 1 N–H and O–H groups in total. The van der Waals surface area contributed by atoms with Crippen LogP contribution in [-0.4, -0.2) is 23.4 Å². The Morgan fingerprint density at radius 1 is 1.67 bits per heavy atom. The highest BCUT2D eigenvalue weighted by atomic mass is 16.5. The summed E-state index contributed by atoms with van der Waals surface area (Å²) in [4.78, 5) is 0. The molecule has 1 fully saturated rings. The summed E-state index contributed by atoms with van der Waals surface area (Å²) in [6, 6.07) is 0. The quantitative estimate of drug-likeness (QED) is 0.566. The van der Waals surface area contributed by atoms with Gasteiger partial charge in [0, 0.05) is 6.42 Å². The third kappa shape index (κ3) is 1.43. The monoisotopic (exact) mass is 129 g/mol. The lowest BCUT2D eigenvalue weighted by atomic mass is 10.1. The van der Waals surface area contributed by atoms with Gasteiger partial charge in [-0.25, -0.2) is 0 Å². The van der Waals surface area contributed by atoms with Crippen molar-refractivity contribution < 1.29 is 9.84 Å². The van der Waals surface area contributed by atoms with E-state index in [2.05, 4.69) is 0 Å². The molecular formula is C7H13O2. The maximum atomic E-state index is 9.18. The van der Waals surface area contributed by atoms with Gasteiger partial charge in [0.1, 0.15) is 0 Å². The Balaban J connectivity index is 2.38. The minimum Gasteiger partial charge on any atom is -0.390 e. The average molecular weight is 129 g/mol. The summed E-state index contributed by atoms with van der Waals surface area (Å²) in [5.74, 6) is 0. The summed E-state index contributed by atoms with van der Waals surface area (Å²) in [7, 11) is 0. The van der Waals surface area contributed by atoms with E-state index in [0.717, 1.165) is 6.42 Å². The van der Waals surface area contributed by atoms with Gasteiger partial charge in [0.2, 0.25) is 0 Å². The maximum absolute atomic E-state index is 9.18. The van der Waals surface area contributed by atoms with Crippen molar-refractivity contribution >= 4 is 0 Å². The minimum absolute atomic E-state index is 0.0417. The third-order valence-electron chi connectivity index (χ3n) is 1.64. The fourth-order valence-electron chi connectivity index (χ4n) is 1.14. The van der Waals surface area contributed by atoms with E-state index in [0.29, 0.717) is 0 Å². The summed E-state index contributed by atoms with van der Waals surface area (Å²) >= 11 is 0. The van der Waals surface area contributed by atoms with Crippen molar-refractivity contribution in [3.63, 3.8) is 0 Å². The summed E-state index contributed by atoms with van der Waals surface area (Å²) in [5, 5.41) is 9.18. The Bertz CT molecular complexity index is 92.9. The number of aliphatic hydroxyl groups is 1. The van der Waals surface area contributed by atoms with Crippen LogP contribution in [0.1, 0.15) is 20.3 Å². The topological polar surface area (TPSA) is 29.5 Å². The molecule has 1 radical (unpaired) electrons. The summed E-state index contributed by atoms with van der Waals surface area (Å²) in [6.07, 6.45) is 2.55. The van der Waals surface area contributed by atoms with Crippen molar-refractivity contribution in [2.75, 3.05) is 0 Å². The van der Waals surface area contributed by atoms with Crippen LogP contribution in [0, 0.1) is 6.42 Å². The SMILES string of the molecule is CC[C@H]1O[C@@H](C)[CH]C1O. The lowest BCUT2D eigenvalue weighted by molar-refractivity contribution is 0.0144. The number of hydrogen-bond donors (Lipinski definition) is 1. The van der Waals surface area contributed by atoms with Crippen LogP contribution in [0.4, 0.5) is 0 Å². The molecule has 0 aliphatic carbocycles. The van der Waals surface area contributed by atoms with Gasteiger partial charge in [-0.2, -0.15) is 0 Å². The maximum Gasteiger partial charge on any atom is 0.0859 e. The first-order valence-electron chi connectivity index (χ1n) is 3.42. The molecule has 0 bridgehead atoms. The van der Waals surface area contributed by atoms with E-state index in [4.69, 9.17) is 4.74 Å². The molecule has 0 aromatic rings. The molecule has 53 valence electrons. The first-order chi connectivity index (χ1) is 4.24. The molecule has 1 aliphatic rings. The Hall–Kier alpha value is -0.0800.